The molecule has 0 unspecified atom stereocenters. The number of nitrogens with one attached hydrogen (secondary N) is 1. The molecule has 1 aliphatic heterocycles. The van der Waals surface area contributed by atoms with Crippen LogP contribution < -0.4 is 10.2 Å². The van der Waals surface area contributed by atoms with Crippen LogP contribution in [0.15, 0.2) is 48.2 Å². The fourth-order valence-electron chi connectivity index (χ4n) is 2.86. The largest absolute Gasteiger partial charge is 0.327 e. The molecular weight excluding hydrogens is 350 g/mol. The lowest BCUT2D eigenvalue weighted by molar-refractivity contribution is -0.385. The van der Waals surface area contributed by atoms with Crippen molar-refractivity contribution in [2.24, 2.45) is 0 Å². The maximum atomic E-state index is 12.8. The van der Waals surface area contributed by atoms with Gasteiger partial charge < -0.3 is 5.32 Å². The Hall–Kier alpha value is -3.06. The van der Waals surface area contributed by atoms with Crippen LogP contribution in [0.4, 0.5) is 11.4 Å². The van der Waals surface area contributed by atoms with Gasteiger partial charge in [-0.1, -0.05) is 37.3 Å². The molecular formula is C19H17N3O3S. The summed E-state index contributed by atoms with van der Waals surface area (Å²) in [7, 11) is 0. The Labute approximate surface area is 156 Å². The highest BCUT2D eigenvalue weighted by atomic mass is 32.1. The van der Waals surface area contributed by atoms with E-state index in [9.17, 15) is 14.9 Å². The van der Waals surface area contributed by atoms with Gasteiger partial charge in [0.25, 0.3) is 11.6 Å². The molecule has 0 saturated carbocycles. The van der Waals surface area contributed by atoms with Gasteiger partial charge in [0.1, 0.15) is 5.70 Å². The molecule has 2 aromatic carbocycles. The Balaban J connectivity index is 1.98. The Morgan fingerprint density at radius 3 is 2.69 bits per heavy atom. The Kier molecular flexibility index (Phi) is 4.81. The number of hydrogen-bond acceptors (Lipinski definition) is 4. The number of carbonyl (C=O) groups excluding carboxylic acids is 1. The highest BCUT2D eigenvalue weighted by Crippen LogP contribution is 2.27. The molecule has 2 aromatic rings. The van der Waals surface area contributed by atoms with Crippen molar-refractivity contribution in [1.82, 2.24) is 5.32 Å². The molecule has 6 nitrogen and oxygen atoms in total. The molecule has 3 rings (SSSR count). The molecule has 1 aliphatic rings. The monoisotopic (exact) mass is 367 g/mol. The predicted molar refractivity (Wildman–Crippen MR) is 105 cm³/mol. The zero-order valence-corrected chi connectivity index (χ0v) is 15.2. The van der Waals surface area contributed by atoms with Crippen molar-refractivity contribution in [3.63, 3.8) is 0 Å². The van der Waals surface area contributed by atoms with Gasteiger partial charge in [-0.2, -0.15) is 0 Å². The molecule has 1 fully saturated rings. The van der Waals surface area contributed by atoms with Crippen molar-refractivity contribution >= 4 is 40.7 Å². The van der Waals surface area contributed by atoms with E-state index in [-0.39, 0.29) is 11.6 Å². The van der Waals surface area contributed by atoms with E-state index in [1.54, 1.807) is 25.1 Å². The number of nitro groups is 1. The minimum Gasteiger partial charge on any atom is -0.327 e. The molecule has 0 radical (unpaired) electrons. The van der Waals surface area contributed by atoms with Crippen LogP contribution in [0.3, 0.4) is 0 Å². The number of anilines is 1. The second-order valence-corrected chi connectivity index (χ2v) is 6.30. The van der Waals surface area contributed by atoms with E-state index in [1.807, 2.05) is 31.2 Å². The number of benzene rings is 2. The Morgan fingerprint density at radius 1 is 1.27 bits per heavy atom. The fourth-order valence-corrected chi connectivity index (χ4v) is 3.15. The second kappa shape index (κ2) is 7.05. The van der Waals surface area contributed by atoms with Gasteiger partial charge in [0, 0.05) is 11.6 Å². The van der Waals surface area contributed by atoms with Crippen LogP contribution in [0.5, 0.6) is 0 Å². The van der Waals surface area contributed by atoms with Gasteiger partial charge >= 0.3 is 0 Å². The number of para-hydroxylation sites is 1. The zero-order chi connectivity index (χ0) is 18.8. The van der Waals surface area contributed by atoms with E-state index in [2.05, 4.69) is 5.32 Å². The first-order valence-electron chi connectivity index (χ1n) is 8.12. The summed E-state index contributed by atoms with van der Waals surface area (Å²) in [5.74, 6) is -0.279. The molecule has 1 amide bonds. The summed E-state index contributed by atoms with van der Waals surface area (Å²) in [4.78, 5) is 25.0. The lowest BCUT2D eigenvalue weighted by atomic mass is 10.1. The standard InChI is InChI=1S/C19H17N3O3S/c1-3-14-6-4-5-7-16(14)21-18(23)15(20-19(21)26)10-13-9-8-12(2)17(11-13)22(24)25/h4-11H,3H2,1-2H3,(H,20,26)/b15-10+. The molecule has 1 heterocycles. The van der Waals surface area contributed by atoms with Crippen molar-refractivity contribution in [3.8, 4) is 0 Å². The van der Waals surface area contributed by atoms with E-state index in [0.29, 0.717) is 21.9 Å². The molecule has 1 saturated heterocycles. The Morgan fingerprint density at radius 2 is 2.00 bits per heavy atom. The van der Waals surface area contributed by atoms with E-state index in [1.165, 1.54) is 11.0 Å². The summed E-state index contributed by atoms with van der Waals surface area (Å²) in [6.45, 7) is 3.69. The number of nitrogens with zero attached hydrogens (tertiary/aromatic N) is 2. The van der Waals surface area contributed by atoms with Crippen LogP contribution in [0, 0.1) is 17.0 Å². The Bertz CT molecular complexity index is 953. The number of amides is 1. The maximum absolute atomic E-state index is 12.8. The minimum atomic E-state index is -0.435. The topological polar surface area (TPSA) is 75.5 Å². The lowest BCUT2D eigenvalue weighted by Gasteiger charge is -2.17. The molecule has 7 heteroatoms. The summed E-state index contributed by atoms with van der Waals surface area (Å²) >= 11 is 5.33. The van der Waals surface area contributed by atoms with Gasteiger partial charge in [-0.15, -0.1) is 0 Å². The van der Waals surface area contributed by atoms with Gasteiger partial charge in [0.2, 0.25) is 0 Å². The molecule has 0 atom stereocenters. The molecule has 0 bridgehead atoms. The lowest BCUT2D eigenvalue weighted by Crippen LogP contribution is -2.31. The SMILES string of the molecule is CCc1ccccc1N1C(=O)/C(=C\c2ccc(C)c([N+](=O)[O-])c2)NC1=S. The fraction of sp³-hybridized carbons (Fsp3) is 0.158. The molecule has 26 heavy (non-hydrogen) atoms. The van der Waals surface area contributed by atoms with Crippen LogP contribution in [-0.4, -0.2) is 15.9 Å². The third-order valence-electron chi connectivity index (χ3n) is 4.23. The van der Waals surface area contributed by atoms with Crippen LogP contribution in [-0.2, 0) is 11.2 Å². The summed E-state index contributed by atoms with van der Waals surface area (Å²) in [6, 6.07) is 12.4. The van der Waals surface area contributed by atoms with Gasteiger partial charge in [0.05, 0.1) is 10.6 Å². The van der Waals surface area contributed by atoms with Gasteiger partial charge in [-0.05, 0) is 48.8 Å². The summed E-state index contributed by atoms with van der Waals surface area (Å²) < 4.78 is 0. The van der Waals surface area contributed by atoms with E-state index in [4.69, 9.17) is 12.2 Å². The number of thiocarbonyl (C=S) groups is 1. The molecule has 0 aliphatic carbocycles. The normalized spacial score (nSPS) is 15.5. The molecule has 0 spiro atoms. The number of hydrogen-bond donors (Lipinski definition) is 1. The smallest absolute Gasteiger partial charge is 0.281 e. The first-order valence-corrected chi connectivity index (χ1v) is 8.53. The van der Waals surface area contributed by atoms with Crippen LogP contribution in [0.1, 0.15) is 23.6 Å². The predicted octanol–water partition coefficient (Wildman–Crippen LogP) is 3.73. The third-order valence-corrected chi connectivity index (χ3v) is 4.52. The second-order valence-electron chi connectivity index (χ2n) is 5.91. The highest BCUT2D eigenvalue weighted by molar-refractivity contribution is 7.80. The first-order chi connectivity index (χ1) is 12.4. The van der Waals surface area contributed by atoms with Crippen molar-refractivity contribution in [1.29, 1.82) is 0 Å². The number of rotatable bonds is 4. The zero-order valence-electron chi connectivity index (χ0n) is 14.4. The quantitative estimate of drug-likeness (QED) is 0.386. The summed E-state index contributed by atoms with van der Waals surface area (Å²) in [5.41, 5.74) is 3.19. The molecule has 0 aromatic heterocycles. The maximum Gasteiger partial charge on any atom is 0.281 e. The minimum absolute atomic E-state index is 0.0144. The highest BCUT2D eigenvalue weighted by Gasteiger charge is 2.33. The van der Waals surface area contributed by atoms with Crippen molar-refractivity contribution in [2.75, 3.05) is 4.90 Å². The van der Waals surface area contributed by atoms with Gasteiger partial charge in [-0.3, -0.25) is 19.8 Å². The van der Waals surface area contributed by atoms with E-state index >= 15 is 0 Å². The number of carbonyl (C=O) groups is 1. The van der Waals surface area contributed by atoms with Crippen LogP contribution in [0.2, 0.25) is 0 Å². The van der Waals surface area contributed by atoms with E-state index in [0.717, 1.165) is 17.7 Å². The van der Waals surface area contributed by atoms with Gasteiger partial charge in [-0.25, -0.2) is 0 Å². The van der Waals surface area contributed by atoms with Crippen molar-refractivity contribution in [3.05, 3.63) is 75.0 Å². The van der Waals surface area contributed by atoms with Crippen molar-refractivity contribution in [2.45, 2.75) is 20.3 Å². The molecule has 1 N–H and O–H groups in total. The molecule has 132 valence electrons. The third kappa shape index (κ3) is 3.21. The summed E-state index contributed by atoms with van der Waals surface area (Å²) in [6.07, 6.45) is 2.35. The average molecular weight is 367 g/mol. The average Bonchev–Trinajstić information content (AvgIpc) is 2.89. The van der Waals surface area contributed by atoms with E-state index < -0.39 is 4.92 Å². The van der Waals surface area contributed by atoms with Crippen LogP contribution >= 0.6 is 12.2 Å². The number of nitro benzene ring substituents is 1. The first kappa shape index (κ1) is 17.8. The van der Waals surface area contributed by atoms with Crippen LogP contribution in [0.25, 0.3) is 6.08 Å². The summed E-state index contributed by atoms with van der Waals surface area (Å²) in [5, 5.41) is 14.3. The van der Waals surface area contributed by atoms with Crippen molar-refractivity contribution < 1.29 is 9.72 Å². The van der Waals surface area contributed by atoms with Gasteiger partial charge in [0.15, 0.2) is 5.11 Å². The number of aryl methyl sites for hydroxylation is 2.